The van der Waals surface area contributed by atoms with E-state index in [1.54, 1.807) is 6.92 Å². The number of carbonyl (C=O) groups excluding carboxylic acids is 1. The van der Waals surface area contributed by atoms with Crippen molar-refractivity contribution in [1.82, 2.24) is 9.80 Å². The first-order valence-electron chi connectivity index (χ1n) is 9.16. The van der Waals surface area contributed by atoms with E-state index < -0.39 is 0 Å². The number of piperazine rings is 1. The number of nitrogens with zero attached hydrogens (tertiary/aromatic N) is 2. The number of para-hydroxylation sites is 1. The van der Waals surface area contributed by atoms with Crippen LogP contribution in [0.4, 0.5) is 0 Å². The molecule has 6 heteroatoms. The minimum absolute atomic E-state index is 0.0136. The Labute approximate surface area is 149 Å². The molecular formula is C19H28N2O4. The summed E-state index contributed by atoms with van der Waals surface area (Å²) in [5, 5.41) is 9.49. The molecule has 1 aromatic rings. The van der Waals surface area contributed by atoms with Crippen LogP contribution in [0.1, 0.15) is 30.1 Å². The molecule has 0 aliphatic carbocycles. The van der Waals surface area contributed by atoms with Crippen molar-refractivity contribution < 1.29 is 19.4 Å². The van der Waals surface area contributed by atoms with Gasteiger partial charge in [0.05, 0.1) is 17.8 Å². The lowest BCUT2D eigenvalue weighted by Crippen LogP contribution is -2.50. The molecule has 2 fully saturated rings. The van der Waals surface area contributed by atoms with Crippen LogP contribution < -0.4 is 4.74 Å². The molecule has 0 radical (unpaired) electrons. The topological polar surface area (TPSA) is 62.2 Å². The van der Waals surface area contributed by atoms with Gasteiger partial charge in [0.2, 0.25) is 0 Å². The van der Waals surface area contributed by atoms with E-state index in [0.717, 1.165) is 32.5 Å². The lowest BCUT2D eigenvalue weighted by atomic mass is 10.1. The largest absolute Gasteiger partial charge is 0.490 e. The van der Waals surface area contributed by atoms with E-state index in [4.69, 9.17) is 9.47 Å². The average molecular weight is 348 g/mol. The van der Waals surface area contributed by atoms with Crippen molar-refractivity contribution >= 4 is 5.91 Å². The summed E-state index contributed by atoms with van der Waals surface area (Å²) < 4.78 is 11.5. The molecular weight excluding hydrogens is 320 g/mol. The summed E-state index contributed by atoms with van der Waals surface area (Å²) in [5.74, 6) is 0.647. The van der Waals surface area contributed by atoms with Gasteiger partial charge in [-0.3, -0.25) is 9.69 Å². The fraction of sp³-hybridized carbons (Fsp3) is 0.632. The monoisotopic (exact) mass is 348 g/mol. The lowest BCUT2D eigenvalue weighted by molar-refractivity contribution is 0.0535. The molecule has 2 atom stereocenters. The standard InChI is InChI=1S/C19H28N2O4/c1-15(22)13-20-8-10-21(11-9-20)19(23)17-6-2-3-7-18(17)25-14-16-5-4-12-24-16/h2-3,6-7,15-16,22H,4-5,8-14H2,1H3/t15-,16-/m1/s1. The second-order valence-corrected chi connectivity index (χ2v) is 6.88. The Kier molecular flexibility index (Phi) is 6.29. The highest BCUT2D eigenvalue weighted by Gasteiger charge is 2.25. The highest BCUT2D eigenvalue weighted by molar-refractivity contribution is 5.97. The van der Waals surface area contributed by atoms with Crippen LogP contribution in [0.5, 0.6) is 5.75 Å². The quantitative estimate of drug-likeness (QED) is 0.842. The van der Waals surface area contributed by atoms with Crippen LogP contribution in [0, 0.1) is 0 Å². The number of ether oxygens (including phenoxy) is 2. The van der Waals surface area contributed by atoms with E-state index in [9.17, 15) is 9.90 Å². The van der Waals surface area contributed by atoms with Gasteiger partial charge in [0.15, 0.2) is 0 Å². The van der Waals surface area contributed by atoms with Gasteiger partial charge in [-0.2, -0.15) is 0 Å². The van der Waals surface area contributed by atoms with Gasteiger partial charge >= 0.3 is 0 Å². The summed E-state index contributed by atoms with van der Waals surface area (Å²) in [4.78, 5) is 16.9. The lowest BCUT2D eigenvalue weighted by Gasteiger charge is -2.35. The first-order valence-corrected chi connectivity index (χ1v) is 9.16. The van der Waals surface area contributed by atoms with E-state index in [1.807, 2.05) is 29.2 Å². The third kappa shape index (κ3) is 4.93. The molecule has 3 rings (SSSR count). The fourth-order valence-corrected chi connectivity index (χ4v) is 3.41. The van der Waals surface area contributed by atoms with Gasteiger partial charge < -0.3 is 19.5 Å². The zero-order valence-electron chi connectivity index (χ0n) is 14.9. The van der Waals surface area contributed by atoms with Crippen LogP contribution in [-0.4, -0.2) is 79.0 Å². The van der Waals surface area contributed by atoms with E-state index in [-0.39, 0.29) is 18.1 Å². The van der Waals surface area contributed by atoms with Gasteiger partial charge in [0.1, 0.15) is 12.4 Å². The second kappa shape index (κ2) is 8.65. The minimum atomic E-state index is -0.339. The predicted molar refractivity (Wildman–Crippen MR) is 94.9 cm³/mol. The van der Waals surface area contributed by atoms with Crippen LogP contribution in [-0.2, 0) is 4.74 Å². The number of hydrogen-bond donors (Lipinski definition) is 1. The number of carbonyl (C=O) groups is 1. The van der Waals surface area contributed by atoms with Crippen LogP contribution in [0.15, 0.2) is 24.3 Å². The van der Waals surface area contributed by atoms with Crippen LogP contribution in [0.3, 0.4) is 0 Å². The van der Waals surface area contributed by atoms with E-state index >= 15 is 0 Å². The van der Waals surface area contributed by atoms with E-state index in [1.165, 1.54) is 0 Å². The number of aliphatic hydroxyl groups excluding tert-OH is 1. The highest BCUT2D eigenvalue weighted by atomic mass is 16.5. The van der Waals surface area contributed by atoms with Crippen molar-refractivity contribution in [1.29, 1.82) is 0 Å². The first-order chi connectivity index (χ1) is 12.1. The van der Waals surface area contributed by atoms with E-state index in [0.29, 0.717) is 37.6 Å². The molecule has 1 amide bonds. The van der Waals surface area contributed by atoms with Crippen LogP contribution in [0.2, 0.25) is 0 Å². The normalized spacial score (nSPS) is 22.8. The van der Waals surface area contributed by atoms with Crippen LogP contribution in [0.25, 0.3) is 0 Å². The Bertz CT molecular complexity index is 564. The van der Waals surface area contributed by atoms with Crippen molar-refractivity contribution in [3.63, 3.8) is 0 Å². The number of β-amino-alcohol motifs (C(OH)–C–C–N with tert-alkyl or cyclic N) is 1. The smallest absolute Gasteiger partial charge is 0.257 e. The predicted octanol–water partition coefficient (Wildman–Crippen LogP) is 1.38. The molecule has 2 aliphatic rings. The maximum Gasteiger partial charge on any atom is 0.257 e. The molecule has 2 aliphatic heterocycles. The summed E-state index contributed by atoms with van der Waals surface area (Å²) in [7, 11) is 0. The maximum atomic E-state index is 12.9. The Morgan fingerprint density at radius 2 is 2.08 bits per heavy atom. The molecule has 25 heavy (non-hydrogen) atoms. The molecule has 0 bridgehead atoms. The second-order valence-electron chi connectivity index (χ2n) is 6.88. The van der Waals surface area contributed by atoms with E-state index in [2.05, 4.69) is 4.90 Å². The van der Waals surface area contributed by atoms with Gasteiger partial charge in [-0.05, 0) is 31.9 Å². The molecule has 0 unspecified atom stereocenters. The Balaban J connectivity index is 1.58. The van der Waals surface area contributed by atoms with Crippen molar-refractivity contribution in [3.05, 3.63) is 29.8 Å². The van der Waals surface area contributed by atoms with Gasteiger partial charge in [0, 0.05) is 39.3 Å². The van der Waals surface area contributed by atoms with Gasteiger partial charge in [-0.1, -0.05) is 12.1 Å². The molecule has 0 aromatic heterocycles. The molecule has 0 spiro atoms. The minimum Gasteiger partial charge on any atom is -0.490 e. The van der Waals surface area contributed by atoms with Gasteiger partial charge in [-0.25, -0.2) is 0 Å². The summed E-state index contributed by atoms with van der Waals surface area (Å²) in [6, 6.07) is 7.44. The zero-order valence-corrected chi connectivity index (χ0v) is 14.9. The highest BCUT2D eigenvalue weighted by Crippen LogP contribution is 2.22. The molecule has 2 heterocycles. The summed E-state index contributed by atoms with van der Waals surface area (Å²) in [6.45, 7) is 6.66. The van der Waals surface area contributed by atoms with Crippen molar-refractivity contribution in [2.75, 3.05) is 45.9 Å². The molecule has 1 N–H and O–H groups in total. The Morgan fingerprint density at radius 1 is 1.32 bits per heavy atom. The summed E-state index contributed by atoms with van der Waals surface area (Å²) in [6.07, 6.45) is 1.88. The Hall–Kier alpha value is -1.63. The maximum absolute atomic E-state index is 12.9. The number of amides is 1. The van der Waals surface area contributed by atoms with Gasteiger partial charge in [-0.15, -0.1) is 0 Å². The number of rotatable bonds is 6. The fourth-order valence-electron chi connectivity index (χ4n) is 3.41. The molecule has 138 valence electrons. The van der Waals surface area contributed by atoms with Crippen molar-refractivity contribution in [2.24, 2.45) is 0 Å². The average Bonchev–Trinajstić information content (AvgIpc) is 3.13. The summed E-state index contributed by atoms with van der Waals surface area (Å²) in [5.41, 5.74) is 0.615. The third-order valence-corrected chi connectivity index (χ3v) is 4.75. The number of hydrogen-bond acceptors (Lipinski definition) is 5. The summed E-state index contributed by atoms with van der Waals surface area (Å²) >= 11 is 0. The molecule has 2 saturated heterocycles. The van der Waals surface area contributed by atoms with Crippen LogP contribution >= 0.6 is 0 Å². The molecule has 0 saturated carbocycles. The van der Waals surface area contributed by atoms with Gasteiger partial charge in [0.25, 0.3) is 5.91 Å². The molecule has 6 nitrogen and oxygen atoms in total. The SMILES string of the molecule is C[C@@H](O)CN1CCN(C(=O)c2ccccc2OC[C@H]2CCCO2)CC1. The number of benzene rings is 1. The van der Waals surface area contributed by atoms with Crippen molar-refractivity contribution in [2.45, 2.75) is 32.0 Å². The first kappa shape index (κ1) is 18.2. The number of aliphatic hydroxyl groups is 1. The third-order valence-electron chi connectivity index (χ3n) is 4.75. The zero-order chi connectivity index (χ0) is 17.6. The molecule has 1 aromatic carbocycles. The van der Waals surface area contributed by atoms with Crippen molar-refractivity contribution in [3.8, 4) is 5.75 Å². The Morgan fingerprint density at radius 3 is 2.76 bits per heavy atom.